The maximum Gasteiger partial charge on any atom is 0.352 e. The molecule has 0 saturated carbocycles. The molecule has 10 nitrogen and oxygen atoms in total. The Bertz CT molecular complexity index is 1010. The molecule has 0 amide bonds. The number of carboxylic acid groups (broad SMARTS) is 3. The summed E-state index contributed by atoms with van der Waals surface area (Å²) in [4.78, 5) is 57.0. The molecule has 3 N–H and O–H groups in total. The average Bonchev–Trinajstić information content (AvgIpc) is 2.67. The van der Waals surface area contributed by atoms with E-state index in [4.69, 9.17) is 14.9 Å². The Hall–Kier alpha value is -3.69. The first-order valence-electron chi connectivity index (χ1n) is 6.72. The Kier molecular flexibility index (Phi) is 4.82. The molecule has 0 spiro atoms. The Morgan fingerprint density at radius 2 is 1.64 bits per heavy atom. The number of ether oxygens (including phenoxy) is 1. The van der Waals surface area contributed by atoms with Crippen LogP contribution in [0.1, 0.15) is 10.5 Å². The number of hydrogen-bond acceptors (Lipinski definition) is 6. The van der Waals surface area contributed by atoms with Gasteiger partial charge in [-0.25, -0.2) is 9.59 Å². The van der Waals surface area contributed by atoms with Crippen LogP contribution >= 0.6 is 0 Å². The van der Waals surface area contributed by atoms with Crippen LogP contribution in [-0.4, -0.2) is 44.4 Å². The molecule has 1 aromatic heterocycles. The van der Waals surface area contributed by atoms with Gasteiger partial charge in [-0.15, -0.1) is 0 Å². The van der Waals surface area contributed by atoms with E-state index < -0.39 is 53.4 Å². The number of hydrogen-bond donors (Lipinski definition) is 3. The number of carboxylic acids is 3. The number of nitrogens with zero attached hydrogens (tertiary/aromatic N) is 1. The molecule has 10 heteroatoms. The lowest BCUT2D eigenvalue weighted by molar-refractivity contribution is -0.139. The second-order valence-corrected chi connectivity index (χ2v) is 4.87. The third-order valence-electron chi connectivity index (χ3n) is 3.17. The van der Waals surface area contributed by atoms with Crippen molar-refractivity contribution >= 4 is 28.8 Å². The van der Waals surface area contributed by atoms with Crippen molar-refractivity contribution < 1.29 is 34.4 Å². The van der Waals surface area contributed by atoms with E-state index in [2.05, 4.69) is 0 Å². The van der Waals surface area contributed by atoms with E-state index in [0.29, 0.717) is 0 Å². The van der Waals surface area contributed by atoms with Gasteiger partial charge in [0.05, 0.1) is 5.52 Å². The van der Waals surface area contributed by atoms with Gasteiger partial charge >= 0.3 is 17.9 Å². The molecule has 0 aliphatic carbocycles. The van der Waals surface area contributed by atoms with Crippen molar-refractivity contribution in [2.24, 2.45) is 0 Å². The van der Waals surface area contributed by atoms with Crippen molar-refractivity contribution in [1.29, 1.82) is 0 Å². The van der Waals surface area contributed by atoms with E-state index in [0.717, 1.165) is 28.8 Å². The van der Waals surface area contributed by atoms with Crippen molar-refractivity contribution in [2.75, 3.05) is 6.61 Å². The molecule has 2 aromatic rings. The molecule has 0 fully saturated rings. The lowest BCUT2D eigenvalue weighted by Crippen LogP contribution is -2.21. The number of rotatable bonds is 6. The maximum absolute atomic E-state index is 12.2. The van der Waals surface area contributed by atoms with Crippen LogP contribution in [0.5, 0.6) is 5.75 Å². The zero-order valence-electron chi connectivity index (χ0n) is 12.5. The number of fused-ring (bicyclic) bond motifs is 1. The second kappa shape index (κ2) is 6.83. The molecule has 2 rings (SSSR count). The minimum absolute atomic E-state index is 0.116. The number of aromatic carboxylic acids is 1. The summed E-state index contributed by atoms with van der Waals surface area (Å²) in [5.74, 6) is -4.65. The lowest BCUT2D eigenvalue weighted by atomic mass is 10.2. The largest absolute Gasteiger partial charge is 0.480 e. The van der Waals surface area contributed by atoms with Crippen LogP contribution in [0.25, 0.3) is 10.9 Å². The van der Waals surface area contributed by atoms with Gasteiger partial charge in [0.25, 0.3) is 0 Å². The van der Waals surface area contributed by atoms with Crippen molar-refractivity contribution in [3.63, 3.8) is 0 Å². The summed E-state index contributed by atoms with van der Waals surface area (Å²) in [6.07, 6.45) is 0. The molecule has 0 radical (unpaired) electrons. The van der Waals surface area contributed by atoms with Crippen molar-refractivity contribution in [3.8, 4) is 5.75 Å². The second-order valence-electron chi connectivity index (χ2n) is 4.87. The molecule has 1 aromatic carbocycles. The Morgan fingerprint density at radius 3 is 2.20 bits per heavy atom. The average molecular weight is 349 g/mol. The first-order valence-corrected chi connectivity index (χ1v) is 6.72. The highest BCUT2D eigenvalue weighted by Gasteiger charge is 2.17. The third kappa shape index (κ3) is 3.80. The first kappa shape index (κ1) is 17.7. The number of aromatic nitrogens is 1. The van der Waals surface area contributed by atoms with E-state index in [-0.39, 0.29) is 10.9 Å². The van der Waals surface area contributed by atoms with Gasteiger partial charge < -0.3 is 24.6 Å². The van der Waals surface area contributed by atoms with Gasteiger partial charge in [-0.3, -0.25) is 14.4 Å². The van der Waals surface area contributed by atoms with Gasteiger partial charge in [0.1, 0.15) is 12.2 Å². The molecule has 0 atom stereocenters. The molecule has 0 aliphatic heterocycles. The smallest absolute Gasteiger partial charge is 0.352 e. The van der Waals surface area contributed by atoms with Gasteiger partial charge in [-0.05, 0) is 18.2 Å². The minimum Gasteiger partial charge on any atom is -0.480 e. The molecular weight excluding hydrogens is 338 g/mol. The van der Waals surface area contributed by atoms with E-state index >= 15 is 0 Å². The SMILES string of the molecule is O=C(O)COc1cc2c(=O)cc(C(=O)O)n(CC(=O)O)c2ccc1=O. The van der Waals surface area contributed by atoms with Crippen LogP contribution in [0.15, 0.2) is 33.9 Å². The normalized spacial score (nSPS) is 10.4. The highest BCUT2D eigenvalue weighted by molar-refractivity contribution is 5.91. The minimum atomic E-state index is -1.52. The van der Waals surface area contributed by atoms with Crippen LogP contribution in [0.3, 0.4) is 0 Å². The fourth-order valence-electron chi connectivity index (χ4n) is 2.18. The predicted octanol–water partition coefficient (Wildman–Crippen LogP) is -0.392. The Morgan fingerprint density at radius 1 is 0.960 bits per heavy atom. The van der Waals surface area contributed by atoms with Crippen LogP contribution in [0, 0.1) is 0 Å². The Labute approximate surface area is 138 Å². The molecule has 130 valence electrons. The Balaban J connectivity index is 2.85. The summed E-state index contributed by atoms with van der Waals surface area (Å²) in [6, 6.07) is 3.71. The summed E-state index contributed by atoms with van der Waals surface area (Å²) >= 11 is 0. The summed E-state index contributed by atoms with van der Waals surface area (Å²) in [5.41, 5.74) is -2.22. The standard InChI is InChI=1S/C15H11NO9/c17-10-2-1-8-7(3-12(10)25-6-14(21)22)11(18)4-9(15(23)24)16(8)5-13(19)20/h1-4H,5-6H2,(H,19,20)(H,21,22)(H,23,24). The summed E-state index contributed by atoms with van der Waals surface area (Å²) < 4.78 is 5.68. The topological polar surface area (TPSA) is 160 Å². The van der Waals surface area contributed by atoms with E-state index in [1.807, 2.05) is 0 Å². The summed E-state index contributed by atoms with van der Waals surface area (Å²) in [7, 11) is 0. The highest BCUT2D eigenvalue weighted by Crippen LogP contribution is 2.15. The molecule has 1 heterocycles. The van der Waals surface area contributed by atoms with E-state index in [1.54, 1.807) is 0 Å². The van der Waals surface area contributed by atoms with Gasteiger partial charge in [0.2, 0.25) is 5.43 Å². The predicted molar refractivity (Wildman–Crippen MR) is 82.2 cm³/mol. The maximum atomic E-state index is 12.2. The summed E-state index contributed by atoms with van der Waals surface area (Å²) in [5, 5.41) is 26.6. The van der Waals surface area contributed by atoms with Crippen LogP contribution in [0.2, 0.25) is 0 Å². The molecule has 0 aliphatic rings. The molecular formula is C15H11NO9. The van der Waals surface area contributed by atoms with Crippen LogP contribution in [-0.2, 0) is 16.1 Å². The molecule has 0 saturated heterocycles. The monoisotopic (exact) mass is 349 g/mol. The van der Waals surface area contributed by atoms with Crippen molar-refractivity contribution in [3.05, 3.63) is 50.4 Å². The highest BCUT2D eigenvalue weighted by atomic mass is 16.5. The van der Waals surface area contributed by atoms with Crippen LogP contribution < -0.4 is 15.6 Å². The van der Waals surface area contributed by atoms with Gasteiger partial charge in [0.15, 0.2) is 17.8 Å². The number of pyridine rings is 1. The lowest BCUT2D eigenvalue weighted by Gasteiger charge is -2.11. The zero-order chi connectivity index (χ0) is 18.7. The summed E-state index contributed by atoms with van der Waals surface area (Å²) in [6.45, 7) is -1.58. The van der Waals surface area contributed by atoms with Crippen LogP contribution in [0.4, 0.5) is 0 Å². The fraction of sp³-hybridized carbons (Fsp3) is 0.133. The molecule has 25 heavy (non-hydrogen) atoms. The van der Waals surface area contributed by atoms with Gasteiger partial charge in [0, 0.05) is 11.5 Å². The van der Waals surface area contributed by atoms with E-state index in [1.165, 1.54) is 0 Å². The molecule has 0 bridgehead atoms. The molecule has 0 unspecified atom stereocenters. The van der Waals surface area contributed by atoms with Gasteiger partial charge in [-0.2, -0.15) is 0 Å². The quantitative estimate of drug-likeness (QED) is 0.630. The third-order valence-corrected chi connectivity index (χ3v) is 3.17. The van der Waals surface area contributed by atoms with E-state index in [9.17, 15) is 29.1 Å². The van der Waals surface area contributed by atoms with Crippen molar-refractivity contribution in [2.45, 2.75) is 6.54 Å². The van der Waals surface area contributed by atoms with Gasteiger partial charge in [-0.1, -0.05) is 0 Å². The van der Waals surface area contributed by atoms with Crippen molar-refractivity contribution in [1.82, 2.24) is 4.57 Å². The zero-order valence-corrected chi connectivity index (χ0v) is 12.5. The number of carbonyl (C=O) groups is 3. The first-order chi connectivity index (χ1) is 11.7. The number of aliphatic carboxylic acids is 2. The fourth-order valence-corrected chi connectivity index (χ4v) is 2.18.